The molecule has 2 heterocycles. The molecule has 1 saturated carbocycles. The van der Waals surface area contributed by atoms with E-state index in [2.05, 4.69) is 9.97 Å². The summed E-state index contributed by atoms with van der Waals surface area (Å²) in [5, 5.41) is 0.643. The first kappa shape index (κ1) is 16.6. The number of benzene rings is 1. The molecule has 0 bridgehead atoms. The van der Waals surface area contributed by atoms with Gasteiger partial charge in [0.25, 0.3) is 0 Å². The van der Waals surface area contributed by atoms with E-state index in [9.17, 15) is 9.18 Å². The molecule has 0 unspecified atom stereocenters. The lowest BCUT2D eigenvalue weighted by Crippen LogP contribution is -2.36. The molecule has 1 amide bonds. The maximum atomic E-state index is 13.5. The Morgan fingerprint density at radius 2 is 2.12 bits per heavy atom. The Kier molecular flexibility index (Phi) is 4.76. The quantitative estimate of drug-likeness (QED) is 0.644. The van der Waals surface area contributed by atoms with Gasteiger partial charge in [0.1, 0.15) is 5.82 Å². The molecule has 4 nitrogen and oxygen atoms in total. The summed E-state index contributed by atoms with van der Waals surface area (Å²) in [6.07, 6.45) is 7.10. The number of fused-ring (bicyclic) bond motifs is 1. The average molecular weight is 375 g/mol. The van der Waals surface area contributed by atoms with Crippen LogP contribution in [0.25, 0.3) is 10.2 Å². The summed E-state index contributed by atoms with van der Waals surface area (Å²) < 4.78 is 14.3. The van der Waals surface area contributed by atoms with Gasteiger partial charge in [-0.1, -0.05) is 30.6 Å². The highest BCUT2D eigenvalue weighted by molar-refractivity contribution is 7.22. The summed E-state index contributed by atoms with van der Waals surface area (Å²) >= 11 is 2.90. The van der Waals surface area contributed by atoms with Crippen LogP contribution in [0.4, 0.5) is 9.52 Å². The van der Waals surface area contributed by atoms with Crippen molar-refractivity contribution in [2.24, 2.45) is 5.92 Å². The Balaban J connectivity index is 1.68. The lowest BCUT2D eigenvalue weighted by molar-refractivity contribution is -0.123. The zero-order valence-electron chi connectivity index (χ0n) is 13.7. The van der Waals surface area contributed by atoms with Crippen LogP contribution < -0.4 is 4.90 Å². The second-order valence-corrected chi connectivity index (χ2v) is 8.32. The van der Waals surface area contributed by atoms with Crippen LogP contribution in [-0.2, 0) is 11.3 Å². The normalized spacial score (nSPS) is 15.6. The van der Waals surface area contributed by atoms with Crippen LogP contribution in [0.15, 0.2) is 29.9 Å². The van der Waals surface area contributed by atoms with Gasteiger partial charge in [0, 0.05) is 17.0 Å². The molecule has 1 aromatic carbocycles. The summed E-state index contributed by atoms with van der Waals surface area (Å²) in [6, 6.07) is 4.55. The van der Waals surface area contributed by atoms with Crippen LogP contribution in [0.1, 0.15) is 37.0 Å². The predicted molar refractivity (Wildman–Crippen MR) is 99.5 cm³/mol. The molecule has 0 aliphatic heterocycles. The van der Waals surface area contributed by atoms with Crippen molar-refractivity contribution in [2.45, 2.75) is 38.6 Å². The zero-order valence-corrected chi connectivity index (χ0v) is 15.3. The third-order valence-electron chi connectivity index (χ3n) is 4.59. The Morgan fingerprint density at radius 1 is 1.28 bits per heavy atom. The van der Waals surface area contributed by atoms with Crippen LogP contribution in [0, 0.1) is 11.7 Å². The molecule has 0 saturated heterocycles. The lowest BCUT2D eigenvalue weighted by atomic mass is 9.88. The summed E-state index contributed by atoms with van der Waals surface area (Å²) in [5.41, 5.74) is 2.50. The summed E-state index contributed by atoms with van der Waals surface area (Å²) in [4.78, 5) is 24.7. The minimum atomic E-state index is -0.282. The molecule has 25 heavy (non-hydrogen) atoms. The number of carbonyl (C=O) groups excluding carboxylic acids is 1. The maximum Gasteiger partial charge on any atom is 0.232 e. The number of hydrogen-bond acceptors (Lipinski definition) is 5. The van der Waals surface area contributed by atoms with E-state index < -0.39 is 0 Å². The van der Waals surface area contributed by atoms with Gasteiger partial charge < -0.3 is 0 Å². The standard InChI is InChI=1S/C18H18FN3OS2/c19-13-6-7-15-16(8-13)25-18(21-15)22(10-14-9-20-11-24-14)17(23)12-4-2-1-3-5-12/h6-9,11-12H,1-5,10H2. The minimum absolute atomic E-state index is 0.0606. The highest BCUT2D eigenvalue weighted by atomic mass is 32.1. The molecule has 4 rings (SSSR count). The van der Waals surface area contributed by atoms with Gasteiger partial charge in [-0.2, -0.15) is 0 Å². The molecule has 1 fully saturated rings. The molecule has 7 heteroatoms. The van der Waals surface area contributed by atoms with Crippen molar-refractivity contribution < 1.29 is 9.18 Å². The number of amides is 1. The number of nitrogens with zero attached hydrogens (tertiary/aromatic N) is 3. The van der Waals surface area contributed by atoms with Crippen LogP contribution in [0.2, 0.25) is 0 Å². The van der Waals surface area contributed by atoms with Crippen molar-refractivity contribution in [2.75, 3.05) is 4.90 Å². The third-order valence-corrected chi connectivity index (χ3v) is 6.39. The Morgan fingerprint density at radius 3 is 2.88 bits per heavy atom. The van der Waals surface area contributed by atoms with E-state index >= 15 is 0 Å². The predicted octanol–water partition coefficient (Wildman–Crippen LogP) is 5.01. The maximum absolute atomic E-state index is 13.5. The Labute approximate surface area is 153 Å². The van der Waals surface area contributed by atoms with Crippen LogP contribution in [0.5, 0.6) is 0 Å². The van der Waals surface area contributed by atoms with Crippen molar-refractivity contribution >= 4 is 43.9 Å². The molecule has 0 atom stereocenters. The van der Waals surface area contributed by atoms with E-state index in [1.807, 2.05) is 0 Å². The number of carbonyl (C=O) groups is 1. The van der Waals surface area contributed by atoms with Gasteiger partial charge in [-0.15, -0.1) is 11.3 Å². The fourth-order valence-electron chi connectivity index (χ4n) is 3.29. The van der Waals surface area contributed by atoms with Gasteiger partial charge in [-0.25, -0.2) is 9.37 Å². The molecular formula is C18H18FN3OS2. The van der Waals surface area contributed by atoms with Gasteiger partial charge in [0.15, 0.2) is 5.13 Å². The molecule has 3 aromatic rings. The SMILES string of the molecule is O=C(C1CCCCC1)N(Cc1cncs1)c1nc2ccc(F)cc2s1. The Bertz CT molecular complexity index is 872. The number of anilines is 1. The zero-order chi connectivity index (χ0) is 17.2. The number of hydrogen-bond donors (Lipinski definition) is 0. The van der Waals surface area contributed by atoms with Gasteiger partial charge in [-0.05, 0) is 31.0 Å². The second kappa shape index (κ2) is 7.17. The van der Waals surface area contributed by atoms with Gasteiger partial charge in [-0.3, -0.25) is 14.7 Å². The van der Waals surface area contributed by atoms with Crippen LogP contribution in [-0.4, -0.2) is 15.9 Å². The van der Waals surface area contributed by atoms with Crippen molar-refractivity contribution in [1.82, 2.24) is 9.97 Å². The molecule has 130 valence electrons. The largest absolute Gasteiger partial charge is 0.282 e. The van der Waals surface area contributed by atoms with Crippen molar-refractivity contribution in [3.8, 4) is 0 Å². The smallest absolute Gasteiger partial charge is 0.232 e. The minimum Gasteiger partial charge on any atom is -0.282 e. The molecular weight excluding hydrogens is 357 g/mol. The fourth-order valence-corrected chi connectivity index (χ4v) is 4.87. The molecule has 0 radical (unpaired) electrons. The molecule has 0 spiro atoms. The Hall–Kier alpha value is -1.86. The summed E-state index contributed by atoms with van der Waals surface area (Å²) in [5.74, 6) is -0.0895. The monoisotopic (exact) mass is 375 g/mol. The third kappa shape index (κ3) is 3.57. The number of halogens is 1. The fraction of sp³-hybridized carbons (Fsp3) is 0.389. The van der Waals surface area contributed by atoms with Crippen molar-refractivity contribution in [3.63, 3.8) is 0 Å². The molecule has 0 N–H and O–H groups in total. The first-order valence-corrected chi connectivity index (χ1v) is 10.1. The van der Waals surface area contributed by atoms with Gasteiger partial charge in [0.05, 0.1) is 22.3 Å². The number of aromatic nitrogens is 2. The van der Waals surface area contributed by atoms with Crippen molar-refractivity contribution in [3.05, 3.63) is 40.6 Å². The average Bonchev–Trinajstić information content (AvgIpc) is 3.28. The van der Waals surface area contributed by atoms with Gasteiger partial charge >= 0.3 is 0 Å². The van der Waals surface area contributed by atoms with Gasteiger partial charge in [0.2, 0.25) is 5.91 Å². The molecule has 1 aliphatic carbocycles. The van der Waals surface area contributed by atoms with E-state index in [1.54, 1.807) is 22.7 Å². The summed E-state index contributed by atoms with van der Waals surface area (Å²) in [6.45, 7) is 0.475. The lowest BCUT2D eigenvalue weighted by Gasteiger charge is -2.27. The highest BCUT2D eigenvalue weighted by Gasteiger charge is 2.29. The summed E-state index contributed by atoms with van der Waals surface area (Å²) in [7, 11) is 0. The molecule has 1 aliphatic rings. The number of rotatable bonds is 4. The topological polar surface area (TPSA) is 46.1 Å². The van der Waals surface area contributed by atoms with E-state index in [4.69, 9.17) is 0 Å². The van der Waals surface area contributed by atoms with E-state index in [-0.39, 0.29) is 17.6 Å². The van der Waals surface area contributed by atoms with Crippen LogP contribution in [0.3, 0.4) is 0 Å². The number of thiazole rings is 2. The van der Waals surface area contributed by atoms with Crippen molar-refractivity contribution in [1.29, 1.82) is 0 Å². The van der Waals surface area contributed by atoms with E-state index in [1.165, 1.54) is 41.2 Å². The van der Waals surface area contributed by atoms with E-state index in [0.717, 1.165) is 40.8 Å². The second-order valence-electron chi connectivity index (χ2n) is 6.34. The highest BCUT2D eigenvalue weighted by Crippen LogP contribution is 2.34. The first-order valence-electron chi connectivity index (χ1n) is 8.45. The molecule has 2 aromatic heterocycles. The van der Waals surface area contributed by atoms with Crippen LogP contribution >= 0.6 is 22.7 Å². The van der Waals surface area contributed by atoms with E-state index in [0.29, 0.717) is 11.7 Å². The first-order chi connectivity index (χ1) is 12.2.